The molecule has 4 nitrogen and oxygen atoms in total. The molecule has 0 saturated carbocycles. The lowest BCUT2D eigenvalue weighted by molar-refractivity contribution is 0.518. The van der Waals surface area contributed by atoms with Crippen LogP contribution in [-0.4, -0.2) is 26.8 Å². The van der Waals surface area contributed by atoms with Gasteiger partial charge in [0.15, 0.2) is 0 Å². The van der Waals surface area contributed by atoms with E-state index in [4.69, 9.17) is 0 Å². The van der Waals surface area contributed by atoms with Gasteiger partial charge in [0.2, 0.25) is 10.0 Å². The highest BCUT2D eigenvalue weighted by Crippen LogP contribution is 2.18. The number of hydrogen-bond acceptors (Lipinski definition) is 3. The van der Waals surface area contributed by atoms with Gasteiger partial charge in [0, 0.05) is 27.2 Å². The van der Waals surface area contributed by atoms with Crippen molar-refractivity contribution in [3.05, 3.63) is 64.7 Å². The summed E-state index contributed by atoms with van der Waals surface area (Å²) in [5.41, 5.74) is 4.50. The summed E-state index contributed by atoms with van der Waals surface area (Å²) in [6, 6.07) is 13.5. The predicted octanol–water partition coefficient (Wildman–Crippen LogP) is 2.84. The zero-order valence-corrected chi connectivity index (χ0v) is 14.9. The fourth-order valence-electron chi connectivity index (χ4n) is 2.47. The van der Waals surface area contributed by atoms with Gasteiger partial charge in [0.25, 0.3) is 0 Å². The molecule has 23 heavy (non-hydrogen) atoms. The quantitative estimate of drug-likeness (QED) is 0.885. The van der Waals surface area contributed by atoms with Crippen molar-refractivity contribution >= 4 is 10.0 Å². The minimum Gasteiger partial charge on any atom is -0.309 e. The van der Waals surface area contributed by atoms with Crippen molar-refractivity contribution in [1.82, 2.24) is 9.62 Å². The van der Waals surface area contributed by atoms with Crippen molar-refractivity contribution in [2.24, 2.45) is 0 Å². The molecule has 0 fully saturated rings. The number of benzene rings is 2. The first-order valence-corrected chi connectivity index (χ1v) is 9.03. The maximum absolute atomic E-state index is 12.4. The summed E-state index contributed by atoms with van der Waals surface area (Å²) in [5, 5.41) is 3.35. The molecular formula is C18H24N2O2S. The van der Waals surface area contributed by atoms with Gasteiger partial charge in [-0.25, -0.2) is 12.7 Å². The van der Waals surface area contributed by atoms with E-state index in [1.54, 1.807) is 26.2 Å². The van der Waals surface area contributed by atoms with E-state index in [0.717, 1.165) is 5.56 Å². The summed E-state index contributed by atoms with van der Waals surface area (Å²) >= 11 is 0. The van der Waals surface area contributed by atoms with Gasteiger partial charge in [0.1, 0.15) is 0 Å². The first kappa shape index (κ1) is 17.7. The number of hydrogen-bond donors (Lipinski definition) is 1. The van der Waals surface area contributed by atoms with E-state index in [9.17, 15) is 8.42 Å². The molecule has 124 valence electrons. The molecule has 2 rings (SSSR count). The maximum Gasteiger partial charge on any atom is 0.242 e. The van der Waals surface area contributed by atoms with E-state index in [1.165, 1.54) is 21.0 Å². The van der Waals surface area contributed by atoms with Crippen molar-refractivity contribution < 1.29 is 8.42 Å². The van der Waals surface area contributed by atoms with Crippen molar-refractivity contribution in [2.45, 2.75) is 31.8 Å². The van der Waals surface area contributed by atoms with Crippen molar-refractivity contribution in [1.29, 1.82) is 0 Å². The van der Waals surface area contributed by atoms with Gasteiger partial charge in [-0.3, -0.25) is 0 Å². The van der Waals surface area contributed by atoms with Crippen molar-refractivity contribution in [2.75, 3.05) is 14.1 Å². The Labute approximate surface area is 139 Å². The molecular weight excluding hydrogens is 308 g/mol. The zero-order valence-electron chi connectivity index (χ0n) is 14.1. The molecule has 0 aliphatic heterocycles. The fourth-order valence-corrected chi connectivity index (χ4v) is 3.59. The monoisotopic (exact) mass is 332 g/mol. The minimum atomic E-state index is -3.42. The number of rotatable bonds is 6. The molecule has 0 heterocycles. The number of nitrogens with one attached hydrogen (secondary N) is 1. The van der Waals surface area contributed by atoms with Crippen LogP contribution in [0.5, 0.6) is 0 Å². The summed E-state index contributed by atoms with van der Waals surface area (Å²) in [6.45, 7) is 5.39. The van der Waals surface area contributed by atoms with E-state index in [1.807, 2.05) is 12.1 Å². The molecule has 0 aromatic heterocycles. The van der Waals surface area contributed by atoms with E-state index in [0.29, 0.717) is 18.0 Å². The van der Waals surface area contributed by atoms with Gasteiger partial charge >= 0.3 is 0 Å². The first-order chi connectivity index (χ1) is 10.8. The largest absolute Gasteiger partial charge is 0.309 e. The van der Waals surface area contributed by atoms with Gasteiger partial charge in [-0.1, -0.05) is 42.0 Å². The average Bonchev–Trinajstić information content (AvgIpc) is 2.49. The molecule has 2 aromatic carbocycles. The van der Waals surface area contributed by atoms with E-state index < -0.39 is 10.0 Å². The summed E-state index contributed by atoms with van der Waals surface area (Å²) in [6.07, 6.45) is 0. The highest BCUT2D eigenvalue weighted by Gasteiger charge is 2.20. The molecule has 5 heteroatoms. The smallest absolute Gasteiger partial charge is 0.242 e. The number of nitrogens with zero attached hydrogens (tertiary/aromatic N) is 1. The van der Waals surface area contributed by atoms with Crippen LogP contribution in [0.4, 0.5) is 0 Å². The van der Waals surface area contributed by atoms with Crippen LogP contribution < -0.4 is 5.32 Å². The lowest BCUT2D eigenvalue weighted by atomic mass is 10.1. The molecule has 2 aromatic rings. The van der Waals surface area contributed by atoms with Crippen LogP contribution >= 0.6 is 0 Å². The Balaban J connectivity index is 2.13. The van der Waals surface area contributed by atoms with Crippen LogP contribution in [0, 0.1) is 13.8 Å². The molecule has 0 radical (unpaired) electrons. The molecule has 0 amide bonds. The standard InChI is InChI=1S/C18H24N2O2S/c1-14-9-10-16(15(2)11-14)12-19-13-17-7-5-6-8-18(17)23(21,22)20(3)4/h5-11,19H,12-13H2,1-4H3. The van der Waals surface area contributed by atoms with Crippen molar-refractivity contribution in [3.63, 3.8) is 0 Å². The van der Waals surface area contributed by atoms with E-state index in [2.05, 4.69) is 37.4 Å². The molecule has 0 aliphatic carbocycles. The molecule has 0 aliphatic rings. The van der Waals surface area contributed by atoms with Crippen LogP contribution in [0.15, 0.2) is 47.4 Å². The summed E-state index contributed by atoms with van der Waals surface area (Å²) in [7, 11) is -0.321. The number of aryl methyl sites for hydroxylation is 2. The van der Waals surface area contributed by atoms with Crippen LogP contribution in [0.25, 0.3) is 0 Å². The molecule has 0 bridgehead atoms. The van der Waals surface area contributed by atoms with Crippen LogP contribution in [0.3, 0.4) is 0 Å². The minimum absolute atomic E-state index is 0.359. The number of sulfonamides is 1. The lowest BCUT2D eigenvalue weighted by Gasteiger charge is -2.16. The second kappa shape index (κ2) is 7.25. The van der Waals surface area contributed by atoms with E-state index in [-0.39, 0.29) is 0 Å². The first-order valence-electron chi connectivity index (χ1n) is 7.59. The van der Waals surface area contributed by atoms with Crippen LogP contribution in [-0.2, 0) is 23.1 Å². The van der Waals surface area contributed by atoms with Crippen molar-refractivity contribution in [3.8, 4) is 0 Å². The van der Waals surface area contributed by atoms with Gasteiger partial charge in [-0.15, -0.1) is 0 Å². The molecule has 0 spiro atoms. The normalized spacial score (nSPS) is 11.9. The Bertz CT molecular complexity index is 783. The Morgan fingerprint density at radius 3 is 2.26 bits per heavy atom. The summed E-state index contributed by atoms with van der Waals surface area (Å²) in [4.78, 5) is 0.359. The Hall–Kier alpha value is -1.69. The highest BCUT2D eigenvalue weighted by atomic mass is 32.2. The Morgan fingerprint density at radius 1 is 0.957 bits per heavy atom. The van der Waals surface area contributed by atoms with Gasteiger partial charge in [-0.2, -0.15) is 0 Å². The van der Waals surface area contributed by atoms with E-state index >= 15 is 0 Å². The van der Waals surface area contributed by atoms with Gasteiger partial charge in [-0.05, 0) is 36.6 Å². The third-order valence-electron chi connectivity index (χ3n) is 3.86. The molecule has 1 N–H and O–H groups in total. The topological polar surface area (TPSA) is 49.4 Å². The van der Waals surface area contributed by atoms with Crippen LogP contribution in [0.2, 0.25) is 0 Å². The fraction of sp³-hybridized carbons (Fsp3) is 0.333. The maximum atomic E-state index is 12.4. The average molecular weight is 332 g/mol. The second-order valence-corrected chi connectivity index (χ2v) is 8.05. The summed E-state index contributed by atoms with van der Waals surface area (Å²) < 4.78 is 26.0. The predicted molar refractivity (Wildman–Crippen MR) is 93.8 cm³/mol. The highest BCUT2D eigenvalue weighted by molar-refractivity contribution is 7.89. The lowest BCUT2D eigenvalue weighted by Crippen LogP contribution is -2.24. The third-order valence-corrected chi connectivity index (χ3v) is 5.78. The SMILES string of the molecule is Cc1ccc(CNCc2ccccc2S(=O)(=O)N(C)C)c(C)c1. The third kappa shape index (κ3) is 4.19. The van der Waals surface area contributed by atoms with Gasteiger partial charge < -0.3 is 5.32 Å². The van der Waals surface area contributed by atoms with Crippen LogP contribution in [0.1, 0.15) is 22.3 Å². The van der Waals surface area contributed by atoms with Gasteiger partial charge in [0.05, 0.1) is 4.90 Å². The second-order valence-electron chi connectivity index (χ2n) is 5.93. The zero-order chi connectivity index (χ0) is 17.0. The molecule has 0 saturated heterocycles. The Kier molecular flexibility index (Phi) is 5.57. The molecule has 0 unspecified atom stereocenters. The molecule has 0 atom stereocenters. The summed E-state index contributed by atoms with van der Waals surface area (Å²) in [5.74, 6) is 0. The Morgan fingerprint density at radius 2 is 1.61 bits per heavy atom.